The van der Waals surface area contributed by atoms with E-state index in [1.165, 1.54) is 5.56 Å². The maximum atomic E-state index is 13.3. The van der Waals surface area contributed by atoms with Crippen molar-refractivity contribution in [1.82, 2.24) is 5.32 Å². The largest absolute Gasteiger partial charge is 0.508 e. The van der Waals surface area contributed by atoms with Gasteiger partial charge < -0.3 is 19.7 Å². The SMILES string of the molecule is COc1c(O)ccc2c1-c1ccc3ccc(O)cc3c1CSSCCCCC(OCNCCc1ccccc1)CC(=O)CC2. The highest BCUT2D eigenvalue weighted by Crippen LogP contribution is 2.45. The Morgan fingerprint density at radius 1 is 0.955 bits per heavy atom. The molecule has 1 unspecified atom stereocenters. The van der Waals surface area contributed by atoms with E-state index in [9.17, 15) is 15.0 Å². The highest BCUT2D eigenvalue weighted by molar-refractivity contribution is 8.76. The zero-order valence-corrected chi connectivity index (χ0v) is 26.9. The van der Waals surface area contributed by atoms with Crippen molar-refractivity contribution in [2.45, 2.75) is 56.8 Å². The van der Waals surface area contributed by atoms with Crippen LogP contribution >= 0.6 is 21.6 Å². The van der Waals surface area contributed by atoms with Gasteiger partial charge in [-0.1, -0.05) is 82.6 Å². The number of phenols is 2. The number of carbonyl (C=O) groups is 1. The van der Waals surface area contributed by atoms with E-state index < -0.39 is 0 Å². The van der Waals surface area contributed by atoms with Gasteiger partial charge in [-0.2, -0.15) is 0 Å². The molecule has 44 heavy (non-hydrogen) atoms. The highest BCUT2D eigenvalue weighted by atomic mass is 33.1. The Hall–Kier alpha value is -3.17. The Balaban J connectivity index is 1.36. The van der Waals surface area contributed by atoms with Crippen LogP contribution in [0.15, 0.2) is 72.8 Å². The van der Waals surface area contributed by atoms with Gasteiger partial charge in [-0.3, -0.25) is 10.1 Å². The molecule has 0 saturated heterocycles. The molecule has 3 N–H and O–H groups in total. The van der Waals surface area contributed by atoms with E-state index in [1.807, 2.05) is 41.1 Å². The van der Waals surface area contributed by atoms with E-state index in [0.717, 1.165) is 76.8 Å². The lowest BCUT2D eigenvalue weighted by Crippen LogP contribution is -2.27. The Bertz CT molecular complexity index is 1550. The molecular weight excluding hydrogens is 591 g/mol. The van der Waals surface area contributed by atoms with Crippen molar-refractivity contribution in [1.29, 1.82) is 0 Å². The molecule has 6 nitrogen and oxygen atoms in total. The summed E-state index contributed by atoms with van der Waals surface area (Å²) >= 11 is 0. The van der Waals surface area contributed by atoms with Gasteiger partial charge in [0.15, 0.2) is 11.5 Å². The minimum atomic E-state index is -0.120. The van der Waals surface area contributed by atoms with E-state index in [2.05, 4.69) is 35.6 Å². The number of hydrogen-bond donors (Lipinski definition) is 3. The van der Waals surface area contributed by atoms with Crippen LogP contribution in [0.25, 0.3) is 21.9 Å². The normalized spacial score (nSPS) is 16.8. The van der Waals surface area contributed by atoms with Gasteiger partial charge in [0.25, 0.3) is 0 Å². The van der Waals surface area contributed by atoms with E-state index in [1.54, 1.807) is 30.0 Å². The third-order valence-electron chi connectivity index (χ3n) is 8.09. The number of nitrogens with one attached hydrogen (secondary N) is 1. The van der Waals surface area contributed by atoms with Crippen molar-refractivity contribution >= 4 is 38.1 Å². The van der Waals surface area contributed by atoms with Crippen molar-refractivity contribution in [2.24, 2.45) is 0 Å². The van der Waals surface area contributed by atoms with Crippen molar-refractivity contribution in [2.75, 3.05) is 26.1 Å². The summed E-state index contributed by atoms with van der Waals surface area (Å²) in [5.41, 5.74) is 5.05. The van der Waals surface area contributed by atoms with Gasteiger partial charge >= 0.3 is 0 Å². The summed E-state index contributed by atoms with van der Waals surface area (Å²) in [5.74, 6) is 2.55. The molecule has 0 bridgehead atoms. The number of aryl methyl sites for hydroxylation is 1. The minimum Gasteiger partial charge on any atom is -0.508 e. The summed E-state index contributed by atoms with van der Waals surface area (Å²) < 4.78 is 12.0. The molecule has 1 atom stereocenters. The summed E-state index contributed by atoms with van der Waals surface area (Å²) in [5, 5.41) is 26.5. The maximum absolute atomic E-state index is 13.3. The predicted octanol–water partition coefficient (Wildman–Crippen LogP) is 8.06. The van der Waals surface area contributed by atoms with Crippen LogP contribution in [0.1, 0.15) is 48.8 Å². The second kappa shape index (κ2) is 16.2. The molecule has 5 rings (SSSR count). The molecule has 0 aliphatic carbocycles. The van der Waals surface area contributed by atoms with Crippen LogP contribution in [0.3, 0.4) is 0 Å². The van der Waals surface area contributed by atoms with Crippen molar-refractivity contribution in [3.8, 4) is 28.4 Å². The van der Waals surface area contributed by atoms with Gasteiger partial charge in [0, 0.05) is 36.5 Å². The maximum Gasteiger partial charge on any atom is 0.168 e. The molecule has 1 aliphatic heterocycles. The van der Waals surface area contributed by atoms with Crippen LogP contribution in [-0.4, -0.2) is 48.2 Å². The summed E-state index contributed by atoms with van der Waals surface area (Å²) in [6.45, 7) is 1.25. The quantitative estimate of drug-likeness (QED) is 0.107. The molecule has 1 aliphatic rings. The van der Waals surface area contributed by atoms with Crippen LogP contribution in [0, 0.1) is 0 Å². The molecule has 0 radical (unpaired) electrons. The monoisotopic (exact) mass is 631 g/mol. The zero-order chi connectivity index (χ0) is 30.7. The molecule has 0 spiro atoms. The molecule has 232 valence electrons. The lowest BCUT2D eigenvalue weighted by molar-refractivity contribution is -0.122. The molecule has 0 amide bonds. The third kappa shape index (κ3) is 8.51. The number of Topliss-reactive ketones (excluding diaryl/α,β-unsaturated/α-hetero) is 1. The van der Waals surface area contributed by atoms with Crippen molar-refractivity contribution < 1.29 is 24.5 Å². The Labute approximate surface area is 268 Å². The summed E-state index contributed by atoms with van der Waals surface area (Å²) in [6, 6.07) is 23.5. The fourth-order valence-electron chi connectivity index (χ4n) is 5.78. The van der Waals surface area contributed by atoms with Crippen LogP contribution in [-0.2, 0) is 28.1 Å². The van der Waals surface area contributed by atoms with Gasteiger partial charge in [0.2, 0.25) is 0 Å². The lowest BCUT2D eigenvalue weighted by Gasteiger charge is -2.21. The van der Waals surface area contributed by atoms with Gasteiger partial charge in [-0.15, -0.1) is 0 Å². The molecule has 0 aromatic heterocycles. The second-order valence-corrected chi connectivity index (χ2v) is 13.7. The van der Waals surface area contributed by atoms with Crippen molar-refractivity contribution in [3.63, 3.8) is 0 Å². The van der Waals surface area contributed by atoms with E-state index >= 15 is 0 Å². The van der Waals surface area contributed by atoms with E-state index in [4.69, 9.17) is 9.47 Å². The predicted molar refractivity (Wildman–Crippen MR) is 183 cm³/mol. The van der Waals surface area contributed by atoms with Gasteiger partial charge in [0.05, 0.1) is 19.9 Å². The zero-order valence-electron chi connectivity index (χ0n) is 25.2. The number of rotatable bonds is 7. The Morgan fingerprint density at radius 3 is 2.64 bits per heavy atom. The van der Waals surface area contributed by atoms with Crippen LogP contribution in [0.4, 0.5) is 0 Å². The van der Waals surface area contributed by atoms with Gasteiger partial charge in [-0.05, 0) is 76.9 Å². The average Bonchev–Trinajstić information content (AvgIpc) is 3.03. The molecule has 0 saturated carbocycles. The fourth-order valence-corrected chi connectivity index (χ4v) is 8.04. The number of carbonyl (C=O) groups excluding carboxylic acids is 1. The third-order valence-corrected chi connectivity index (χ3v) is 10.5. The number of phenolic OH excluding ortho intramolecular Hbond substituents is 2. The second-order valence-electron chi connectivity index (χ2n) is 11.1. The Kier molecular flexibility index (Phi) is 11.9. The minimum absolute atomic E-state index is 0.0594. The number of hydrogen-bond acceptors (Lipinski definition) is 8. The number of ether oxygens (including phenoxy) is 2. The molecular formula is C36H41NO5S2. The summed E-state index contributed by atoms with van der Waals surface area (Å²) in [6.07, 6.45) is 4.98. The molecule has 4 aromatic carbocycles. The smallest absolute Gasteiger partial charge is 0.168 e. The number of benzene rings is 4. The first-order valence-electron chi connectivity index (χ1n) is 15.3. The van der Waals surface area contributed by atoms with E-state index in [-0.39, 0.29) is 23.4 Å². The molecule has 0 fully saturated rings. The summed E-state index contributed by atoms with van der Waals surface area (Å²) in [4.78, 5) is 13.3. The topological polar surface area (TPSA) is 88.0 Å². The summed E-state index contributed by atoms with van der Waals surface area (Å²) in [7, 11) is 5.20. The first-order chi connectivity index (χ1) is 21.5. The van der Waals surface area contributed by atoms with Gasteiger partial charge in [0.1, 0.15) is 11.5 Å². The number of methoxy groups -OCH3 is 1. The lowest BCUT2D eigenvalue weighted by atomic mass is 9.89. The molecule has 8 heteroatoms. The number of ketones is 1. The van der Waals surface area contributed by atoms with Crippen LogP contribution in [0.2, 0.25) is 0 Å². The highest BCUT2D eigenvalue weighted by Gasteiger charge is 2.22. The standard InChI is InChI=1S/C36H41NO5S2/c1-41-36-34(40)17-13-27-11-15-28(38)21-30(42-24-37-19-18-25-7-3-2-4-8-25)9-5-6-20-43-44-23-33-31(35(27)36)16-12-26-10-14-29(39)22-32(26)33/h2-4,7-8,10,12-14,16-17,22,30,37,39-40H,5-6,9,11,15,18-21,23-24H2,1H3. The van der Waals surface area contributed by atoms with Crippen molar-refractivity contribution in [3.05, 3.63) is 89.5 Å². The number of fused-ring (bicyclic) bond motifs is 5. The van der Waals surface area contributed by atoms with E-state index in [0.29, 0.717) is 31.7 Å². The van der Waals surface area contributed by atoms with Gasteiger partial charge in [-0.25, -0.2) is 0 Å². The van der Waals surface area contributed by atoms with Crippen LogP contribution < -0.4 is 10.1 Å². The average molecular weight is 632 g/mol. The molecule has 4 aromatic rings. The molecule has 1 heterocycles. The fraction of sp³-hybridized carbons (Fsp3) is 0.361. The Morgan fingerprint density at radius 2 is 1.80 bits per heavy atom. The first kappa shape index (κ1) is 32.2. The first-order valence-corrected chi connectivity index (χ1v) is 17.8. The van der Waals surface area contributed by atoms with Crippen LogP contribution in [0.5, 0.6) is 17.2 Å². The number of aromatic hydroxyl groups is 2.